The van der Waals surface area contributed by atoms with Gasteiger partial charge in [-0.05, 0) is 145 Å². The van der Waals surface area contributed by atoms with Gasteiger partial charge in [-0.3, -0.25) is 0 Å². The minimum atomic E-state index is -0.856. The number of aromatic nitrogens is 2. The summed E-state index contributed by atoms with van der Waals surface area (Å²) in [6.45, 7) is 23.2. The Bertz CT molecular complexity index is 1540. The van der Waals surface area contributed by atoms with Gasteiger partial charge in [-0.1, -0.05) is 65.0 Å². The van der Waals surface area contributed by atoms with Crippen molar-refractivity contribution in [1.29, 1.82) is 0 Å². The molecule has 0 radical (unpaired) electrons. The summed E-state index contributed by atoms with van der Waals surface area (Å²) in [5.41, 5.74) is 5.75. The van der Waals surface area contributed by atoms with Crippen LogP contribution in [0.1, 0.15) is 115 Å². The molecule has 9 unspecified atom stereocenters. The van der Waals surface area contributed by atoms with Crippen LogP contribution < -0.4 is 5.32 Å². The van der Waals surface area contributed by atoms with Crippen LogP contribution >= 0.6 is 0 Å². The molecular weight excluding hydrogens is 578 g/mol. The molecule has 5 aliphatic carbocycles. The van der Waals surface area contributed by atoms with Gasteiger partial charge in [0.15, 0.2) is 0 Å². The van der Waals surface area contributed by atoms with Gasteiger partial charge in [0.25, 0.3) is 0 Å². The van der Waals surface area contributed by atoms with Crippen LogP contribution in [0.4, 0.5) is 0 Å². The Morgan fingerprint density at radius 2 is 1.74 bits per heavy atom. The van der Waals surface area contributed by atoms with Crippen LogP contribution in [-0.2, 0) is 6.54 Å². The van der Waals surface area contributed by atoms with Crippen molar-refractivity contribution in [3.63, 3.8) is 0 Å². The highest BCUT2D eigenvalue weighted by atomic mass is 16.4. The number of allylic oxidation sites excluding steroid dienone is 3. The predicted octanol–water partition coefficient (Wildman–Crippen LogP) is 9.52. The highest BCUT2D eigenvalue weighted by Gasteiger charge is 2.70. The van der Waals surface area contributed by atoms with Crippen LogP contribution in [0.3, 0.4) is 0 Å². The smallest absolute Gasteiger partial charge is 0.335 e. The maximum absolute atomic E-state index is 11.5. The van der Waals surface area contributed by atoms with E-state index in [1.54, 1.807) is 12.1 Å². The van der Waals surface area contributed by atoms with Gasteiger partial charge in [0.05, 0.1) is 11.9 Å². The minimum Gasteiger partial charge on any atom is -0.478 e. The molecule has 5 nitrogen and oxygen atoms in total. The zero-order valence-corrected chi connectivity index (χ0v) is 29.9. The summed E-state index contributed by atoms with van der Waals surface area (Å²) >= 11 is 0. The van der Waals surface area contributed by atoms with E-state index in [4.69, 9.17) is 0 Å². The summed E-state index contributed by atoms with van der Waals surface area (Å²) in [6.07, 6.45) is 20.2. The molecule has 7 rings (SSSR count). The SMILES string of the molecule is C=C(C)C1CCC2(CNCCn3ccnc3)CCC3(C)C(CCC4C5(C)CC=C(c6ccc(C(=O)O)cc6)C(C)(C)C5CCC43C)C12. The first-order valence-corrected chi connectivity index (χ1v) is 18.6. The first-order valence-electron chi connectivity index (χ1n) is 18.6. The molecule has 5 aliphatic rings. The van der Waals surface area contributed by atoms with Gasteiger partial charge in [-0.25, -0.2) is 9.78 Å². The van der Waals surface area contributed by atoms with E-state index in [-0.39, 0.29) is 10.8 Å². The number of carboxylic acids is 1. The van der Waals surface area contributed by atoms with Crippen LogP contribution in [0, 0.1) is 56.7 Å². The molecule has 0 bridgehead atoms. The summed E-state index contributed by atoms with van der Waals surface area (Å²) in [6, 6.07) is 7.64. The molecule has 1 heterocycles. The second-order valence-corrected chi connectivity index (χ2v) is 18.0. The lowest BCUT2D eigenvalue weighted by Gasteiger charge is -2.72. The number of nitrogens with zero attached hydrogens (tertiary/aromatic N) is 2. The molecule has 5 heteroatoms. The van der Waals surface area contributed by atoms with E-state index in [0.717, 1.165) is 37.9 Å². The van der Waals surface area contributed by atoms with E-state index in [2.05, 4.69) is 75.3 Å². The molecule has 1 aromatic heterocycles. The summed E-state index contributed by atoms with van der Waals surface area (Å²) in [7, 11) is 0. The zero-order chi connectivity index (χ0) is 33.4. The van der Waals surface area contributed by atoms with Crippen molar-refractivity contribution in [3.8, 4) is 0 Å². The standard InChI is InChI=1S/C42H59N3O2/c1-28(2)31-14-19-42(26-43-22-24-45-25-23-44-27-45)21-20-40(6)33(36(31)42)12-13-35-39(5)17-15-32(29-8-10-30(11-9-29)37(46)47)38(3,4)34(39)16-18-41(35,40)7/h8-11,15,23,25,27,31,33-36,43H,1,12-14,16-22,24,26H2,2-7H3,(H,46,47). The van der Waals surface area contributed by atoms with Gasteiger partial charge in [0.1, 0.15) is 0 Å². The average molecular weight is 638 g/mol. The Hall–Kier alpha value is -2.66. The van der Waals surface area contributed by atoms with Crippen molar-refractivity contribution in [2.75, 3.05) is 13.1 Å². The van der Waals surface area contributed by atoms with Crippen molar-refractivity contribution in [2.24, 2.45) is 56.7 Å². The first kappa shape index (κ1) is 32.9. The molecule has 47 heavy (non-hydrogen) atoms. The largest absolute Gasteiger partial charge is 0.478 e. The number of fused-ring (bicyclic) bond motifs is 7. The monoisotopic (exact) mass is 637 g/mol. The molecule has 4 saturated carbocycles. The average Bonchev–Trinajstić information content (AvgIpc) is 3.68. The third kappa shape index (κ3) is 4.87. The first-order chi connectivity index (χ1) is 22.3. The van der Waals surface area contributed by atoms with E-state index < -0.39 is 5.97 Å². The number of carboxylic acid groups (broad SMARTS) is 1. The van der Waals surface area contributed by atoms with E-state index in [1.807, 2.05) is 24.7 Å². The van der Waals surface area contributed by atoms with Gasteiger partial charge in [-0.2, -0.15) is 0 Å². The third-order valence-corrected chi connectivity index (χ3v) is 15.8. The molecule has 2 N–H and O–H groups in total. The molecule has 0 saturated heterocycles. The summed E-state index contributed by atoms with van der Waals surface area (Å²) in [5, 5.41) is 13.4. The lowest BCUT2D eigenvalue weighted by Crippen LogP contribution is -2.65. The molecule has 0 aliphatic heterocycles. The number of rotatable bonds is 8. The minimum absolute atomic E-state index is 0.0391. The maximum atomic E-state index is 11.5. The second kappa shape index (κ2) is 11.5. The van der Waals surface area contributed by atoms with Crippen molar-refractivity contribution < 1.29 is 9.90 Å². The van der Waals surface area contributed by atoms with Crippen molar-refractivity contribution in [1.82, 2.24) is 14.9 Å². The van der Waals surface area contributed by atoms with Crippen molar-refractivity contribution in [3.05, 3.63) is 72.3 Å². The number of aromatic carboxylic acids is 1. The van der Waals surface area contributed by atoms with Crippen molar-refractivity contribution >= 4 is 11.5 Å². The van der Waals surface area contributed by atoms with Gasteiger partial charge in [-0.15, -0.1) is 0 Å². The Balaban J connectivity index is 1.17. The van der Waals surface area contributed by atoms with Gasteiger partial charge >= 0.3 is 5.97 Å². The van der Waals surface area contributed by atoms with E-state index in [1.165, 1.54) is 68.1 Å². The van der Waals surface area contributed by atoms with Crippen LogP contribution in [0.2, 0.25) is 0 Å². The molecular formula is C42H59N3O2. The van der Waals surface area contributed by atoms with Crippen LogP contribution in [0.15, 0.2) is 61.2 Å². The maximum Gasteiger partial charge on any atom is 0.335 e. The number of nitrogens with one attached hydrogen (secondary N) is 1. The quantitative estimate of drug-likeness (QED) is 0.224. The molecule has 0 spiro atoms. The van der Waals surface area contributed by atoms with Gasteiger partial charge in [0, 0.05) is 32.0 Å². The topological polar surface area (TPSA) is 67.2 Å². The molecule has 2 aromatic rings. The predicted molar refractivity (Wildman–Crippen MR) is 191 cm³/mol. The number of imidazole rings is 1. The fourth-order valence-corrected chi connectivity index (χ4v) is 13.4. The number of benzene rings is 1. The summed E-state index contributed by atoms with van der Waals surface area (Å²) in [5.74, 6) is 2.61. The highest BCUT2D eigenvalue weighted by molar-refractivity contribution is 5.88. The fraction of sp³-hybridized carbons (Fsp3) is 0.667. The third-order valence-electron chi connectivity index (χ3n) is 15.8. The Morgan fingerprint density at radius 3 is 2.43 bits per heavy atom. The van der Waals surface area contributed by atoms with Gasteiger partial charge < -0.3 is 15.0 Å². The summed E-state index contributed by atoms with van der Waals surface area (Å²) in [4.78, 5) is 15.8. The zero-order valence-electron chi connectivity index (χ0n) is 29.9. The highest BCUT2D eigenvalue weighted by Crippen LogP contribution is 2.77. The molecule has 4 fully saturated rings. The molecule has 9 atom stereocenters. The molecule has 0 amide bonds. The lowest BCUT2D eigenvalue weighted by molar-refractivity contribution is -0.225. The Labute approximate surface area is 283 Å². The molecule has 254 valence electrons. The van der Waals surface area contributed by atoms with Crippen LogP contribution in [0.25, 0.3) is 5.57 Å². The Kier molecular flexibility index (Phi) is 8.01. The van der Waals surface area contributed by atoms with E-state index in [9.17, 15) is 9.90 Å². The lowest BCUT2D eigenvalue weighted by atomic mass is 9.32. The van der Waals surface area contributed by atoms with Crippen LogP contribution in [0.5, 0.6) is 0 Å². The normalized spacial score (nSPS) is 40.4. The number of hydrogen-bond donors (Lipinski definition) is 2. The van der Waals surface area contributed by atoms with Gasteiger partial charge in [0.2, 0.25) is 0 Å². The number of hydrogen-bond acceptors (Lipinski definition) is 3. The second-order valence-electron chi connectivity index (χ2n) is 18.0. The van der Waals surface area contributed by atoms with E-state index >= 15 is 0 Å². The Morgan fingerprint density at radius 1 is 0.979 bits per heavy atom. The van der Waals surface area contributed by atoms with E-state index in [0.29, 0.717) is 39.6 Å². The number of carbonyl (C=O) groups is 1. The molecule has 1 aromatic carbocycles. The van der Waals surface area contributed by atoms with Crippen molar-refractivity contribution in [2.45, 2.75) is 106 Å². The fourth-order valence-electron chi connectivity index (χ4n) is 13.4. The van der Waals surface area contributed by atoms with Crippen LogP contribution in [-0.4, -0.2) is 33.7 Å². The summed E-state index contributed by atoms with van der Waals surface area (Å²) < 4.78 is 2.18.